The van der Waals surface area contributed by atoms with E-state index in [0.717, 1.165) is 22.8 Å². The van der Waals surface area contributed by atoms with Crippen molar-refractivity contribution in [3.8, 4) is 11.4 Å². The molecule has 2 unspecified atom stereocenters. The van der Waals surface area contributed by atoms with Gasteiger partial charge in [-0.15, -0.1) is 0 Å². The van der Waals surface area contributed by atoms with E-state index in [2.05, 4.69) is 15.6 Å². The van der Waals surface area contributed by atoms with Gasteiger partial charge in [-0.25, -0.2) is 4.98 Å². The van der Waals surface area contributed by atoms with Crippen molar-refractivity contribution in [2.75, 3.05) is 5.32 Å². The van der Waals surface area contributed by atoms with Crippen molar-refractivity contribution in [3.63, 3.8) is 0 Å². The number of amides is 2. The monoisotopic (exact) mass is 532 g/mol. The van der Waals surface area contributed by atoms with Crippen LogP contribution < -0.4 is 10.6 Å². The van der Waals surface area contributed by atoms with Crippen LogP contribution >= 0.6 is 23.2 Å². The summed E-state index contributed by atoms with van der Waals surface area (Å²) in [5, 5.41) is 7.10. The van der Waals surface area contributed by atoms with Crippen molar-refractivity contribution in [2.24, 2.45) is 5.41 Å². The number of fused-ring (bicyclic) bond motifs is 1. The number of hydrogen-bond acceptors (Lipinski definition) is 3. The average Bonchev–Trinajstić information content (AvgIpc) is 3.26. The van der Waals surface area contributed by atoms with Gasteiger partial charge in [0, 0.05) is 45.4 Å². The Morgan fingerprint density at radius 2 is 1.73 bits per heavy atom. The van der Waals surface area contributed by atoms with Crippen LogP contribution in [0.25, 0.3) is 17.5 Å². The lowest BCUT2D eigenvalue weighted by Gasteiger charge is -2.35. The Balaban J connectivity index is 1.27. The largest absolute Gasteiger partial charge is 0.346 e. The van der Waals surface area contributed by atoms with Crippen molar-refractivity contribution in [1.82, 2.24) is 15.3 Å². The molecule has 0 fully saturated rings. The third kappa shape index (κ3) is 5.41. The first-order valence-corrected chi connectivity index (χ1v) is 12.7. The zero-order valence-corrected chi connectivity index (χ0v) is 22.0. The summed E-state index contributed by atoms with van der Waals surface area (Å²) in [5.74, 6) is 0.420. The molecule has 1 aromatic heterocycles. The SMILES string of the molecule is CC1(NC(=O)C2(C)C=C(Cl)C=C(Cl)C2)C=Cc2nc(-c3ccc(NC(=O)c4ccccc4)cc3)[nH]c2C1. The van der Waals surface area contributed by atoms with Crippen molar-refractivity contribution in [3.05, 3.63) is 99.8 Å². The van der Waals surface area contributed by atoms with E-state index in [0.29, 0.717) is 34.2 Å². The number of halogens is 2. The number of allylic oxidation sites excluding steroid dienone is 3. The highest BCUT2D eigenvalue weighted by molar-refractivity contribution is 6.35. The molecule has 0 radical (unpaired) electrons. The number of aromatic amines is 1. The van der Waals surface area contributed by atoms with Crippen LogP contribution in [0, 0.1) is 5.41 Å². The van der Waals surface area contributed by atoms with Crippen molar-refractivity contribution in [2.45, 2.75) is 32.2 Å². The van der Waals surface area contributed by atoms with E-state index in [-0.39, 0.29) is 11.8 Å². The number of carbonyl (C=O) groups is 2. The molecule has 3 aromatic rings. The molecule has 0 aliphatic heterocycles. The quantitative estimate of drug-likeness (QED) is 0.353. The first-order valence-electron chi connectivity index (χ1n) is 11.9. The minimum atomic E-state index is -0.823. The lowest BCUT2D eigenvalue weighted by molar-refractivity contribution is -0.129. The van der Waals surface area contributed by atoms with Gasteiger partial charge in [-0.1, -0.05) is 53.6 Å². The Morgan fingerprint density at radius 1 is 1.00 bits per heavy atom. The molecule has 5 rings (SSSR count). The Kier molecular flexibility index (Phi) is 6.56. The normalized spacial score (nSPS) is 22.5. The number of nitrogens with zero attached hydrogens (tertiary/aromatic N) is 1. The summed E-state index contributed by atoms with van der Waals surface area (Å²) >= 11 is 12.4. The van der Waals surface area contributed by atoms with Crippen molar-refractivity contribution >= 4 is 46.8 Å². The number of hydrogen-bond donors (Lipinski definition) is 3. The smallest absolute Gasteiger partial charge is 0.255 e. The summed E-state index contributed by atoms with van der Waals surface area (Å²) in [6.45, 7) is 3.81. The van der Waals surface area contributed by atoms with Gasteiger partial charge in [0.25, 0.3) is 5.91 Å². The van der Waals surface area contributed by atoms with Crippen LogP contribution in [-0.2, 0) is 11.2 Å². The number of carbonyl (C=O) groups excluding carboxylic acids is 2. The molecule has 0 saturated carbocycles. The molecule has 6 nitrogen and oxygen atoms in total. The summed E-state index contributed by atoms with van der Waals surface area (Å²) in [6.07, 6.45) is 8.26. The molecule has 2 aromatic carbocycles. The van der Waals surface area contributed by atoms with E-state index in [9.17, 15) is 9.59 Å². The van der Waals surface area contributed by atoms with Gasteiger partial charge in [0.05, 0.1) is 16.6 Å². The van der Waals surface area contributed by atoms with Gasteiger partial charge in [-0.05, 0) is 62.4 Å². The number of anilines is 1. The predicted molar refractivity (Wildman–Crippen MR) is 148 cm³/mol. The molecule has 3 N–H and O–H groups in total. The average molecular weight is 533 g/mol. The van der Waals surface area contributed by atoms with Crippen LogP contribution in [0.3, 0.4) is 0 Å². The summed E-state index contributed by atoms with van der Waals surface area (Å²) in [4.78, 5) is 33.8. The molecule has 2 atom stereocenters. The van der Waals surface area contributed by atoms with Crippen LogP contribution in [0.1, 0.15) is 42.0 Å². The zero-order chi connectivity index (χ0) is 26.2. The molecule has 1 heterocycles. The number of nitrogens with one attached hydrogen (secondary N) is 3. The Morgan fingerprint density at radius 3 is 2.43 bits per heavy atom. The Labute approximate surface area is 225 Å². The molecular formula is C29H26Cl2N4O2. The highest BCUT2D eigenvalue weighted by atomic mass is 35.5. The van der Waals surface area contributed by atoms with Crippen molar-refractivity contribution < 1.29 is 9.59 Å². The van der Waals surface area contributed by atoms with Gasteiger partial charge < -0.3 is 15.6 Å². The van der Waals surface area contributed by atoms with Crippen LogP contribution in [0.4, 0.5) is 5.69 Å². The van der Waals surface area contributed by atoms with E-state index in [1.54, 1.807) is 24.3 Å². The van der Waals surface area contributed by atoms with Crippen LogP contribution in [0.2, 0.25) is 0 Å². The van der Waals surface area contributed by atoms with Crippen molar-refractivity contribution in [1.29, 1.82) is 0 Å². The first kappa shape index (κ1) is 25.1. The maximum Gasteiger partial charge on any atom is 0.255 e. The highest BCUT2D eigenvalue weighted by Crippen LogP contribution is 2.38. The molecular weight excluding hydrogens is 507 g/mol. The lowest BCUT2D eigenvalue weighted by atomic mass is 9.80. The molecule has 0 spiro atoms. The highest BCUT2D eigenvalue weighted by Gasteiger charge is 2.39. The molecule has 188 valence electrons. The number of H-pyrrole nitrogens is 1. The second kappa shape index (κ2) is 9.69. The summed E-state index contributed by atoms with van der Waals surface area (Å²) in [6, 6.07) is 16.6. The molecule has 37 heavy (non-hydrogen) atoms. The fraction of sp³-hybridized carbons (Fsp3) is 0.207. The Hall–Kier alpha value is -3.61. The van der Waals surface area contributed by atoms with Gasteiger partial charge in [-0.3, -0.25) is 9.59 Å². The third-order valence-corrected chi connectivity index (χ3v) is 7.08. The maximum atomic E-state index is 13.2. The van der Waals surface area contributed by atoms with E-state index in [1.165, 1.54) is 0 Å². The summed E-state index contributed by atoms with van der Waals surface area (Å²) in [5.41, 5.74) is 2.53. The topological polar surface area (TPSA) is 86.9 Å². The molecule has 0 bridgehead atoms. The van der Waals surface area contributed by atoms with Gasteiger partial charge >= 0.3 is 0 Å². The first-order chi connectivity index (χ1) is 17.6. The molecule has 0 saturated heterocycles. The standard InChI is InChI=1S/C29H26Cl2N4O2/c1-28(15-20(30)14-21(31)16-28)27(37)35-29(2)13-12-23-24(17-29)34-25(33-23)18-8-10-22(11-9-18)32-26(36)19-6-4-3-5-7-19/h3-15H,16-17H2,1-2H3,(H,32,36)(H,33,34)(H,35,37). The number of imidazole rings is 1. The van der Waals surface area contributed by atoms with E-state index in [4.69, 9.17) is 28.2 Å². The van der Waals surface area contributed by atoms with E-state index >= 15 is 0 Å². The van der Waals surface area contributed by atoms with Gasteiger partial charge in [0.1, 0.15) is 5.82 Å². The van der Waals surface area contributed by atoms with Crippen LogP contribution in [0.5, 0.6) is 0 Å². The summed E-state index contributed by atoms with van der Waals surface area (Å²) in [7, 11) is 0. The van der Waals surface area contributed by atoms with Crippen LogP contribution in [0.15, 0.2) is 82.9 Å². The Bertz CT molecular complexity index is 1460. The molecule has 2 aliphatic rings. The molecule has 2 aliphatic carbocycles. The van der Waals surface area contributed by atoms with E-state index in [1.807, 2.05) is 68.5 Å². The zero-order valence-electron chi connectivity index (χ0n) is 20.4. The number of aromatic nitrogens is 2. The fourth-order valence-electron chi connectivity index (χ4n) is 4.61. The van der Waals surface area contributed by atoms with Gasteiger partial charge in [0.15, 0.2) is 0 Å². The van der Waals surface area contributed by atoms with Gasteiger partial charge in [0.2, 0.25) is 5.91 Å². The third-order valence-electron chi connectivity index (χ3n) is 6.62. The second-order valence-corrected chi connectivity index (χ2v) is 10.9. The summed E-state index contributed by atoms with van der Waals surface area (Å²) < 4.78 is 0. The fourth-order valence-corrected chi connectivity index (χ4v) is 5.43. The number of rotatable bonds is 5. The second-order valence-electron chi connectivity index (χ2n) is 9.94. The minimum absolute atomic E-state index is 0.139. The van der Waals surface area contributed by atoms with E-state index < -0.39 is 11.0 Å². The predicted octanol–water partition coefficient (Wildman–Crippen LogP) is 6.43. The minimum Gasteiger partial charge on any atom is -0.346 e. The van der Waals surface area contributed by atoms with Gasteiger partial charge in [-0.2, -0.15) is 0 Å². The molecule has 8 heteroatoms. The molecule has 2 amide bonds. The van der Waals surface area contributed by atoms with Crippen LogP contribution in [-0.4, -0.2) is 27.3 Å². The lowest BCUT2D eigenvalue weighted by Crippen LogP contribution is -2.52. The maximum absolute atomic E-state index is 13.2. The number of benzene rings is 2.